The van der Waals surface area contributed by atoms with Crippen LogP contribution in [0.5, 0.6) is 11.5 Å². The number of rotatable bonds is 10. The van der Waals surface area contributed by atoms with Gasteiger partial charge in [0.1, 0.15) is 18.0 Å². The van der Waals surface area contributed by atoms with Crippen LogP contribution in [0.1, 0.15) is 5.56 Å². The second-order valence-corrected chi connectivity index (χ2v) is 9.60. The molecule has 0 atom stereocenters. The van der Waals surface area contributed by atoms with E-state index in [9.17, 15) is 13.2 Å². The summed E-state index contributed by atoms with van der Waals surface area (Å²) in [5.74, 6) is 0.373. The van der Waals surface area contributed by atoms with Crippen LogP contribution in [0.15, 0.2) is 96.4 Å². The third-order valence-electron chi connectivity index (χ3n) is 5.54. The molecule has 0 aliphatic rings. The summed E-state index contributed by atoms with van der Waals surface area (Å²) in [7, 11) is -1.16. The van der Waals surface area contributed by atoms with Crippen LogP contribution in [0.4, 0.5) is 5.69 Å². The summed E-state index contributed by atoms with van der Waals surface area (Å²) in [5.41, 5.74) is 1.97. The minimum Gasteiger partial charge on any atom is -0.497 e. The van der Waals surface area contributed by atoms with Gasteiger partial charge in [-0.2, -0.15) is 0 Å². The number of anilines is 1. The summed E-state index contributed by atoms with van der Waals surface area (Å²) in [5, 5.41) is 2.84. The molecule has 0 aliphatic carbocycles. The van der Waals surface area contributed by atoms with Gasteiger partial charge in [0.25, 0.3) is 10.0 Å². The molecule has 0 saturated heterocycles. The van der Waals surface area contributed by atoms with Gasteiger partial charge in [0.05, 0.1) is 36.8 Å². The van der Waals surface area contributed by atoms with Gasteiger partial charge in [0.2, 0.25) is 5.91 Å². The maximum absolute atomic E-state index is 13.7. The van der Waals surface area contributed by atoms with Crippen molar-refractivity contribution in [2.75, 3.05) is 25.1 Å². The third-order valence-corrected chi connectivity index (χ3v) is 7.31. The van der Waals surface area contributed by atoms with Gasteiger partial charge in [-0.15, -0.1) is 0 Å². The highest BCUT2D eigenvalue weighted by atomic mass is 32.2. The number of sulfonamides is 1. The molecule has 1 heterocycles. The third kappa shape index (κ3) is 5.33. The van der Waals surface area contributed by atoms with Crippen LogP contribution < -0.4 is 19.1 Å². The molecule has 9 nitrogen and oxygen atoms in total. The number of hydrogen-bond acceptors (Lipinski definition) is 6. The van der Waals surface area contributed by atoms with Crippen molar-refractivity contribution >= 4 is 21.6 Å². The molecule has 0 bridgehead atoms. The number of aromatic nitrogens is 2. The number of hydrogen-bond donors (Lipinski definition) is 1. The van der Waals surface area contributed by atoms with Crippen molar-refractivity contribution < 1.29 is 22.7 Å². The van der Waals surface area contributed by atoms with Gasteiger partial charge in [-0.3, -0.25) is 9.10 Å². The van der Waals surface area contributed by atoms with Crippen molar-refractivity contribution in [2.45, 2.75) is 11.4 Å². The van der Waals surface area contributed by atoms with E-state index in [-0.39, 0.29) is 17.1 Å². The van der Waals surface area contributed by atoms with Crippen molar-refractivity contribution in [1.29, 1.82) is 0 Å². The molecule has 4 aromatic rings. The Balaban J connectivity index is 1.61. The Kier molecular flexibility index (Phi) is 7.55. The zero-order valence-electron chi connectivity index (χ0n) is 19.9. The van der Waals surface area contributed by atoms with Crippen LogP contribution in [-0.2, 0) is 21.4 Å². The molecule has 0 fully saturated rings. The predicted molar refractivity (Wildman–Crippen MR) is 136 cm³/mol. The highest BCUT2D eigenvalue weighted by Crippen LogP contribution is 2.32. The number of amides is 1. The number of methoxy groups -OCH3 is 2. The monoisotopic (exact) mass is 506 g/mol. The minimum absolute atomic E-state index is 0.0208. The van der Waals surface area contributed by atoms with E-state index in [4.69, 9.17) is 9.47 Å². The molecule has 1 N–H and O–H groups in total. The number of benzene rings is 3. The van der Waals surface area contributed by atoms with Gasteiger partial charge < -0.3 is 19.4 Å². The van der Waals surface area contributed by atoms with Gasteiger partial charge in [0, 0.05) is 18.9 Å². The Morgan fingerprint density at radius 3 is 2.39 bits per heavy atom. The molecular formula is C26H26N4O5S. The fraction of sp³-hybridized carbons (Fsp3) is 0.154. The molecule has 3 aromatic carbocycles. The van der Waals surface area contributed by atoms with E-state index >= 15 is 0 Å². The summed E-state index contributed by atoms with van der Waals surface area (Å²) in [4.78, 5) is 17.2. The Morgan fingerprint density at radius 1 is 0.972 bits per heavy atom. The summed E-state index contributed by atoms with van der Waals surface area (Å²) < 4.78 is 40.7. The fourth-order valence-corrected chi connectivity index (χ4v) is 5.14. The molecule has 1 amide bonds. The second kappa shape index (κ2) is 11.0. The number of imidazole rings is 1. The molecule has 0 radical (unpaired) electrons. The normalized spacial score (nSPS) is 11.1. The summed E-state index contributed by atoms with van der Waals surface area (Å²) in [6.45, 7) is -0.239. The zero-order chi connectivity index (χ0) is 25.5. The first kappa shape index (κ1) is 24.8. The second-order valence-electron chi connectivity index (χ2n) is 7.73. The van der Waals surface area contributed by atoms with Crippen LogP contribution in [0.25, 0.3) is 5.69 Å². The van der Waals surface area contributed by atoms with E-state index < -0.39 is 22.5 Å². The number of ether oxygens (including phenoxy) is 2. The molecule has 186 valence electrons. The Bertz CT molecular complexity index is 1420. The fourth-order valence-electron chi connectivity index (χ4n) is 3.70. The predicted octanol–water partition coefficient (Wildman–Crippen LogP) is 3.40. The average Bonchev–Trinajstić information content (AvgIpc) is 3.45. The van der Waals surface area contributed by atoms with E-state index in [1.807, 2.05) is 35.0 Å². The highest BCUT2D eigenvalue weighted by molar-refractivity contribution is 7.92. The lowest BCUT2D eigenvalue weighted by atomic mass is 10.1. The summed E-state index contributed by atoms with van der Waals surface area (Å²) in [6.07, 6.45) is 5.15. The topological polar surface area (TPSA) is 103 Å². The standard InChI is InChI=1S/C26H26N4O5S/c1-34-21-11-13-22(14-12-21)36(32,33)30(24-9-5-6-10-25(24)35-2)18-26(31)28-17-20-7-3-4-8-23(20)29-16-15-27-19-29/h3-16,19H,17-18H2,1-2H3,(H,28,31). The van der Waals surface area contributed by atoms with Gasteiger partial charge in [-0.25, -0.2) is 13.4 Å². The minimum atomic E-state index is -4.11. The SMILES string of the molecule is COc1ccc(S(=O)(=O)N(CC(=O)NCc2ccccc2-n2ccnc2)c2ccccc2OC)cc1. The van der Waals surface area contributed by atoms with E-state index in [1.54, 1.807) is 48.9 Å². The number of nitrogens with one attached hydrogen (secondary N) is 1. The van der Waals surface area contributed by atoms with E-state index in [0.717, 1.165) is 15.6 Å². The molecular weight excluding hydrogens is 480 g/mol. The number of para-hydroxylation sites is 3. The lowest BCUT2D eigenvalue weighted by molar-refractivity contribution is -0.119. The quantitative estimate of drug-likeness (QED) is 0.354. The van der Waals surface area contributed by atoms with Crippen LogP contribution in [0.3, 0.4) is 0 Å². The Labute approximate surface area is 210 Å². The largest absolute Gasteiger partial charge is 0.497 e. The van der Waals surface area contributed by atoms with Crippen molar-refractivity contribution in [3.63, 3.8) is 0 Å². The lowest BCUT2D eigenvalue weighted by Gasteiger charge is -2.25. The first-order valence-electron chi connectivity index (χ1n) is 11.1. The van der Waals surface area contributed by atoms with E-state index in [1.165, 1.54) is 26.4 Å². The van der Waals surface area contributed by atoms with Gasteiger partial charge in [-0.1, -0.05) is 30.3 Å². The average molecular weight is 507 g/mol. The lowest BCUT2D eigenvalue weighted by Crippen LogP contribution is -2.41. The number of nitrogens with zero attached hydrogens (tertiary/aromatic N) is 3. The van der Waals surface area contributed by atoms with Crippen molar-refractivity contribution in [3.8, 4) is 17.2 Å². The Morgan fingerprint density at radius 2 is 1.69 bits per heavy atom. The zero-order valence-corrected chi connectivity index (χ0v) is 20.7. The maximum atomic E-state index is 13.7. The van der Waals surface area contributed by atoms with Crippen molar-refractivity contribution in [1.82, 2.24) is 14.9 Å². The first-order chi connectivity index (χ1) is 17.4. The summed E-state index contributed by atoms with van der Waals surface area (Å²) >= 11 is 0. The van der Waals surface area contributed by atoms with Crippen LogP contribution in [0.2, 0.25) is 0 Å². The molecule has 36 heavy (non-hydrogen) atoms. The highest BCUT2D eigenvalue weighted by Gasteiger charge is 2.29. The molecule has 0 aliphatic heterocycles. The van der Waals surface area contributed by atoms with Gasteiger partial charge >= 0.3 is 0 Å². The Hall–Kier alpha value is -4.31. The molecule has 10 heteroatoms. The van der Waals surface area contributed by atoms with Crippen molar-refractivity contribution in [3.05, 3.63) is 97.1 Å². The van der Waals surface area contributed by atoms with Crippen LogP contribution in [-0.4, -0.2) is 44.6 Å². The number of carbonyl (C=O) groups excluding carboxylic acids is 1. The molecule has 4 rings (SSSR count). The maximum Gasteiger partial charge on any atom is 0.264 e. The number of carbonyl (C=O) groups is 1. The van der Waals surface area contributed by atoms with Crippen molar-refractivity contribution in [2.24, 2.45) is 0 Å². The molecule has 0 saturated carbocycles. The van der Waals surface area contributed by atoms with Crippen LogP contribution >= 0.6 is 0 Å². The van der Waals surface area contributed by atoms with Crippen LogP contribution in [0, 0.1) is 0 Å². The smallest absolute Gasteiger partial charge is 0.264 e. The molecule has 0 unspecified atom stereocenters. The van der Waals surface area contributed by atoms with Gasteiger partial charge in [0.15, 0.2) is 0 Å². The van der Waals surface area contributed by atoms with E-state index in [0.29, 0.717) is 11.5 Å². The summed E-state index contributed by atoms with van der Waals surface area (Å²) in [6, 6.07) is 20.2. The first-order valence-corrected chi connectivity index (χ1v) is 12.5. The molecule has 1 aromatic heterocycles. The van der Waals surface area contributed by atoms with Gasteiger partial charge in [-0.05, 0) is 48.0 Å². The van der Waals surface area contributed by atoms with E-state index in [2.05, 4.69) is 10.3 Å². The molecule has 0 spiro atoms.